The first-order chi connectivity index (χ1) is 13.5. The average molecular weight is 404 g/mol. The molecule has 1 N–H and O–H groups in total. The highest BCUT2D eigenvalue weighted by Gasteiger charge is 2.43. The van der Waals surface area contributed by atoms with E-state index in [0.29, 0.717) is 17.9 Å². The molecule has 3 aromatic rings. The highest BCUT2D eigenvalue weighted by atomic mass is 35.5. The van der Waals surface area contributed by atoms with Gasteiger partial charge in [-0.3, -0.25) is 10.1 Å². The fourth-order valence-corrected chi connectivity index (χ4v) is 3.78. The third kappa shape index (κ3) is 3.38. The number of nitrogens with zero attached hydrogens (tertiary/aromatic N) is 2. The summed E-state index contributed by atoms with van der Waals surface area (Å²) in [6.07, 6.45) is 3.22. The van der Waals surface area contributed by atoms with Gasteiger partial charge in [-0.25, -0.2) is 8.78 Å². The Morgan fingerprint density at radius 3 is 2.46 bits per heavy atom. The second-order valence-corrected chi connectivity index (χ2v) is 7.22. The Kier molecular flexibility index (Phi) is 4.85. The Hall–Kier alpha value is -2.80. The van der Waals surface area contributed by atoms with Gasteiger partial charge in [-0.05, 0) is 42.7 Å². The van der Waals surface area contributed by atoms with Gasteiger partial charge in [0.1, 0.15) is 11.6 Å². The standard InChI is InChI=1S/C20H16ClF2N3O2/c21-13-5-3-12(4-6-13)20(9-1-2-10-20)18(27)24-19-26-25-17(28-19)15-8-7-14(22)11-16(15)23/h3-8,11H,1-2,9-10H2,(H,24,26,27). The number of anilines is 1. The molecular weight excluding hydrogens is 388 g/mol. The minimum Gasteiger partial charge on any atom is -0.403 e. The van der Waals surface area contributed by atoms with E-state index in [1.165, 1.54) is 6.07 Å². The Morgan fingerprint density at radius 1 is 1.07 bits per heavy atom. The maximum absolute atomic E-state index is 13.9. The molecule has 1 amide bonds. The number of hydrogen-bond donors (Lipinski definition) is 1. The van der Waals surface area contributed by atoms with Crippen molar-refractivity contribution in [1.29, 1.82) is 0 Å². The van der Waals surface area contributed by atoms with E-state index < -0.39 is 17.0 Å². The molecule has 1 saturated carbocycles. The highest BCUT2D eigenvalue weighted by molar-refractivity contribution is 6.30. The molecule has 0 saturated heterocycles. The summed E-state index contributed by atoms with van der Waals surface area (Å²) in [5, 5.41) is 10.8. The van der Waals surface area contributed by atoms with Crippen molar-refractivity contribution in [3.8, 4) is 11.5 Å². The normalized spacial score (nSPS) is 15.5. The van der Waals surface area contributed by atoms with E-state index in [-0.39, 0.29) is 23.4 Å². The first-order valence-corrected chi connectivity index (χ1v) is 9.22. The molecule has 1 fully saturated rings. The third-order valence-corrected chi connectivity index (χ3v) is 5.35. The van der Waals surface area contributed by atoms with E-state index in [2.05, 4.69) is 15.5 Å². The first-order valence-electron chi connectivity index (χ1n) is 8.84. The lowest BCUT2D eigenvalue weighted by atomic mass is 9.78. The molecule has 2 aromatic carbocycles. The molecule has 0 unspecified atom stereocenters. The third-order valence-electron chi connectivity index (χ3n) is 5.10. The van der Waals surface area contributed by atoms with E-state index in [1.54, 1.807) is 12.1 Å². The van der Waals surface area contributed by atoms with Gasteiger partial charge in [0.05, 0.1) is 11.0 Å². The zero-order valence-electron chi connectivity index (χ0n) is 14.7. The van der Waals surface area contributed by atoms with Gasteiger partial charge >= 0.3 is 6.01 Å². The summed E-state index contributed by atoms with van der Waals surface area (Å²) in [4.78, 5) is 13.1. The van der Waals surface area contributed by atoms with Gasteiger partial charge in [0.2, 0.25) is 5.91 Å². The number of amides is 1. The molecule has 1 aliphatic carbocycles. The van der Waals surface area contributed by atoms with Crippen molar-refractivity contribution in [1.82, 2.24) is 10.2 Å². The second kappa shape index (κ2) is 7.31. The lowest BCUT2D eigenvalue weighted by Crippen LogP contribution is -2.38. The fourth-order valence-electron chi connectivity index (χ4n) is 3.66. The number of rotatable bonds is 4. The molecule has 0 bridgehead atoms. The van der Waals surface area contributed by atoms with Crippen LogP contribution in [-0.2, 0) is 10.2 Å². The van der Waals surface area contributed by atoms with Crippen LogP contribution < -0.4 is 5.32 Å². The molecule has 144 valence electrons. The monoisotopic (exact) mass is 403 g/mol. The molecule has 0 atom stereocenters. The molecule has 0 aliphatic heterocycles. The van der Waals surface area contributed by atoms with Gasteiger partial charge in [0.15, 0.2) is 0 Å². The van der Waals surface area contributed by atoms with Gasteiger partial charge in [-0.1, -0.05) is 41.7 Å². The Labute approximate surface area is 164 Å². The van der Waals surface area contributed by atoms with E-state index in [0.717, 1.165) is 30.5 Å². The Bertz CT molecular complexity index is 1010. The zero-order chi connectivity index (χ0) is 19.7. The van der Waals surface area contributed by atoms with Crippen molar-refractivity contribution in [2.75, 3.05) is 5.32 Å². The predicted octanol–water partition coefficient (Wildman–Crippen LogP) is 5.12. The number of carbonyl (C=O) groups excluding carboxylic acids is 1. The minimum absolute atomic E-state index is 0.0392. The number of benzene rings is 2. The molecule has 1 heterocycles. The molecule has 28 heavy (non-hydrogen) atoms. The van der Waals surface area contributed by atoms with Crippen LogP contribution >= 0.6 is 11.6 Å². The summed E-state index contributed by atoms with van der Waals surface area (Å²) in [6.45, 7) is 0. The van der Waals surface area contributed by atoms with Crippen LogP contribution in [0.5, 0.6) is 0 Å². The van der Waals surface area contributed by atoms with Crippen LogP contribution in [0, 0.1) is 11.6 Å². The maximum Gasteiger partial charge on any atom is 0.322 e. The highest BCUT2D eigenvalue weighted by Crippen LogP contribution is 2.42. The largest absolute Gasteiger partial charge is 0.403 e. The minimum atomic E-state index is -0.824. The topological polar surface area (TPSA) is 68.0 Å². The van der Waals surface area contributed by atoms with Crippen molar-refractivity contribution in [3.05, 3.63) is 64.7 Å². The average Bonchev–Trinajstić information content (AvgIpc) is 3.33. The van der Waals surface area contributed by atoms with Gasteiger partial charge in [0, 0.05) is 11.1 Å². The van der Waals surface area contributed by atoms with Gasteiger partial charge in [-0.2, -0.15) is 0 Å². The lowest BCUT2D eigenvalue weighted by molar-refractivity contribution is -0.121. The van der Waals surface area contributed by atoms with Crippen LogP contribution in [-0.4, -0.2) is 16.1 Å². The van der Waals surface area contributed by atoms with E-state index in [4.69, 9.17) is 16.0 Å². The number of halogens is 3. The molecule has 1 aliphatic rings. The molecule has 0 radical (unpaired) electrons. The van der Waals surface area contributed by atoms with Crippen LogP contribution in [0.4, 0.5) is 14.8 Å². The van der Waals surface area contributed by atoms with Crippen molar-refractivity contribution >= 4 is 23.5 Å². The van der Waals surface area contributed by atoms with Gasteiger partial charge in [0.25, 0.3) is 5.89 Å². The summed E-state index contributed by atoms with van der Waals surface area (Å²) in [5.74, 6) is -1.93. The van der Waals surface area contributed by atoms with Crippen LogP contribution in [0.25, 0.3) is 11.5 Å². The summed E-state index contributed by atoms with van der Waals surface area (Å²) in [6, 6.07) is 10.1. The molecule has 0 spiro atoms. The van der Waals surface area contributed by atoms with Crippen LogP contribution in [0.2, 0.25) is 5.02 Å². The summed E-state index contributed by atoms with van der Waals surface area (Å²) in [7, 11) is 0. The van der Waals surface area contributed by atoms with Crippen molar-refractivity contribution in [3.63, 3.8) is 0 Å². The van der Waals surface area contributed by atoms with E-state index in [1.807, 2.05) is 12.1 Å². The summed E-state index contributed by atoms with van der Waals surface area (Å²) < 4.78 is 32.4. The van der Waals surface area contributed by atoms with E-state index in [9.17, 15) is 13.6 Å². The SMILES string of the molecule is O=C(Nc1nnc(-c2ccc(F)cc2F)o1)C1(c2ccc(Cl)cc2)CCCC1. The Morgan fingerprint density at radius 2 is 1.79 bits per heavy atom. The van der Waals surface area contributed by atoms with Crippen molar-refractivity contribution in [2.24, 2.45) is 0 Å². The number of aromatic nitrogens is 2. The lowest BCUT2D eigenvalue weighted by Gasteiger charge is -2.27. The molecule has 5 nitrogen and oxygen atoms in total. The number of hydrogen-bond acceptors (Lipinski definition) is 4. The summed E-state index contributed by atoms with van der Waals surface area (Å²) >= 11 is 5.97. The molecule has 8 heteroatoms. The zero-order valence-corrected chi connectivity index (χ0v) is 15.5. The van der Waals surface area contributed by atoms with Gasteiger partial charge < -0.3 is 4.42 Å². The smallest absolute Gasteiger partial charge is 0.322 e. The van der Waals surface area contributed by atoms with Crippen molar-refractivity contribution in [2.45, 2.75) is 31.1 Å². The van der Waals surface area contributed by atoms with Crippen LogP contribution in [0.15, 0.2) is 46.9 Å². The fraction of sp³-hybridized carbons (Fsp3) is 0.250. The molecule has 4 rings (SSSR count). The number of carbonyl (C=O) groups is 1. The Balaban J connectivity index is 1.59. The van der Waals surface area contributed by atoms with Crippen molar-refractivity contribution < 1.29 is 18.0 Å². The summed E-state index contributed by atoms with van der Waals surface area (Å²) in [5.41, 5.74) is 0.124. The maximum atomic E-state index is 13.9. The quantitative estimate of drug-likeness (QED) is 0.656. The predicted molar refractivity (Wildman–Crippen MR) is 99.9 cm³/mol. The molecule has 1 aromatic heterocycles. The molecular formula is C20H16ClF2N3O2. The van der Waals surface area contributed by atoms with E-state index >= 15 is 0 Å². The first kappa shape index (κ1) is 18.6. The number of nitrogens with one attached hydrogen (secondary N) is 1. The van der Waals surface area contributed by atoms with Crippen LogP contribution in [0.1, 0.15) is 31.2 Å². The van der Waals surface area contributed by atoms with Crippen LogP contribution in [0.3, 0.4) is 0 Å². The van der Waals surface area contributed by atoms with Gasteiger partial charge in [-0.15, -0.1) is 5.10 Å². The second-order valence-electron chi connectivity index (χ2n) is 6.79.